The van der Waals surface area contributed by atoms with Gasteiger partial charge in [-0.05, 0) is 36.6 Å². The number of aromatic nitrogens is 1. The number of nitro benzene ring substituents is 1. The van der Waals surface area contributed by atoms with Gasteiger partial charge in [-0.2, -0.15) is 0 Å². The summed E-state index contributed by atoms with van der Waals surface area (Å²) in [5, 5.41) is 17.1. The van der Waals surface area contributed by atoms with Crippen molar-refractivity contribution in [3.05, 3.63) is 57.9 Å². The third-order valence-electron chi connectivity index (χ3n) is 5.43. The van der Waals surface area contributed by atoms with E-state index in [1.54, 1.807) is 0 Å². The third kappa shape index (κ3) is 2.83. The number of carbonyl (C=O) groups is 2. The van der Waals surface area contributed by atoms with Gasteiger partial charge in [0.25, 0.3) is 11.6 Å². The van der Waals surface area contributed by atoms with E-state index in [-0.39, 0.29) is 17.3 Å². The molecule has 2 heterocycles. The van der Waals surface area contributed by atoms with E-state index in [1.165, 1.54) is 36.7 Å². The summed E-state index contributed by atoms with van der Waals surface area (Å²) in [6, 6.07) is 5.98. The van der Waals surface area contributed by atoms with Crippen molar-refractivity contribution in [3.63, 3.8) is 0 Å². The molecule has 2 N–H and O–H groups in total. The van der Waals surface area contributed by atoms with Gasteiger partial charge < -0.3 is 10.6 Å². The van der Waals surface area contributed by atoms with E-state index in [9.17, 15) is 19.7 Å². The van der Waals surface area contributed by atoms with Crippen LogP contribution in [0.1, 0.15) is 48.0 Å². The van der Waals surface area contributed by atoms with Crippen molar-refractivity contribution in [2.24, 2.45) is 0 Å². The van der Waals surface area contributed by atoms with Crippen molar-refractivity contribution >= 4 is 28.9 Å². The van der Waals surface area contributed by atoms with Crippen LogP contribution in [0.4, 0.5) is 17.1 Å². The van der Waals surface area contributed by atoms with Crippen molar-refractivity contribution in [2.75, 3.05) is 10.6 Å². The normalized spacial score (nSPS) is 17.3. The number of rotatable bonds is 3. The molecule has 0 bridgehead atoms. The minimum atomic E-state index is -0.689. The van der Waals surface area contributed by atoms with E-state index in [0.29, 0.717) is 29.7 Å². The van der Waals surface area contributed by atoms with Crippen molar-refractivity contribution in [1.29, 1.82) is 0 Å². The zero-order chi connectivity index (χ0) is 19.0. The van der Waals surface area contributed by atoms with Gasteiger partial charge >= 0.3 is 0 Å². The Morgan fingerprint density at radius 2 is 1.89 bits per heavy atom. The van der Waals surface area contributed by atoms with Crippen LogP contribution in [0.15, 0.2) is 36.7 Å². The number of benzene rings is 1. The Labute approximate surface area is 155 Å². The summed E-state index contributed by atoms with van der Waals surface area (Å²) in [6.07, 6.45) is 7.21. The topological polar surface area (TPSA) is 114 Å². The van der Waals surface area contributed by atoms with Crippen LogP contribution in [0.5, 0.6) is 0 Å². The molecule has 1 aromatic heterocycles. The molecule has 0 unspecified atom stereocenters. The second-order valence-corrected chi connectivity index (χ2v) is 6.96. The molecule has 1 aliphatic carbocycles. The number of nitrogens with one attached hydrogen (secondary N) is 2. The number of carbonyl (C=O) groups excluding carboxylic acids is 2. The molecule has 0 saturated heterocycles. The first-order valence-electron chi connectivity index (χ1n) is 8.87. The molecule has 1 aliphatic heterocycles. The molecule has 1 aromatic carbocycles. The summed E-state index contributed by atoms with van der Waals surface area (Å²) in [6.45, 7) is 0. The molecular weight excluding hydrogens is 348 g/mol. The fourth-order valence-corrected chi connectivity index (χ4v) is 4.05. The highest BCUT2D eigenvalue weighted by Crippen LogP contribution is 2.50. The fourth-order valence-electron chi connectivity index (χ4n) is 4.05. The van der Waals surface area contributed by atoms with Gasteiger partial charge in [0.1, 0.15) is 5.69 Å². The van der Waals surface area contributed by atoms with E-state index in [1.807, 2.05) is 0 Å². The first-order chi connectivity index (χ1) is 13.0. The highest BCUT2D eigenvalue weighted by Gasteiger charge is 2.48. The average Bonchev–Trinajstić information content (AvgIpc) is 2.93. The predicted octanol–water partition coefficient (Wildman–Crippen LogP) is 3.40. The minimum Gasteiger partial charge on any atom is -0.325 e. The van der Waals surface area contributed by atoms with Crippen molar-refractivity contribution in [2.45, 2.75) is 37.5 Å². The van der Waals surface area contributed by atoms with Crippen molar-refractivity contribution in [1.82, 2.24) is 4.98 Å². The second kappa shape index (κ2) is 6.46. The quantitative estimate of drug-likeness (QED) is 0.638. The maximum Gasteiger partial charge on any atom is 0.293 e. The summed E-state index contributed by atoms with van der Waals surface area (Å²) in [5.41, 5.74) is 0.712. The van der Waals surface area contributed by atoms with E-state index < -0.39 is 16.2 Å². The molecule has 1 saturated carbocycles. The predicted molar refractivity (Wildman–Crippen MR) is 98.7 cm³/mol. The number of fused-ring (bicyclic) bond motifs is 2. The zero-order valence-electron chi connectivity index (χ0n) is 14.5. The highest BCUT2D eigenvalue weighted by molar-refractivity contribution is 6.09. The van der Waals surface area contributed by atoms with Gasteiger partial charge in [-0.15, -0.1) is 0 Å². The van der Waals surface area contributed by atoms with Gasteiger partial charge in [-0.3, -0.25) is 24.7 Å². The number of nitro groups is 1. The van der Waals surface area contributed by atoms with Crippen LogP contribution in [0.25, 0.3) is 0 Å². The van der Waals surface area contributed by atoms with Gasteiger partial charge in [-0.25, -0.2) is 0 Å². The number of hydrogen-bond acceptors (Lipinski definition) is 5. The number of pyridine rings is 1. The van der Waals surface area contributed by atoms with Gasteiger partial charge in [0.15, 0.2) is 0 Å². The van der Waals surface area contributed by atoms with Crippen LogP contribution < -0.4 is 10.6 Å². The molecule has 138 valence electrons. The van der Waals surface area contributed by atoms with Crippen LogP contribution >= 0.6 is 0 Å². The molecular formula is C19H18N4O4. The molecule has 8 heteroatoms. The summed E-state index contributed by atoms with van der Waals surface area (Å²) < 4.78 is 0. The average molecular weight is 366 g/mol. The van der Waals surface area contributed by atoms with E-state index in [4.69, 9.17) is 0 Å². The lowest BCUT2D eigenvalue weighted by Gasteiger charge is -2.31. The van der Waals surface area contributed by atoms with Crippen LogP contribution in [0.3, 0.4) is 0 Å². The highest BCUT2D eigenvalue weighted by atomic mass is 16.6. The Morgan fingerprint density at radius 3 is 2.56 bits per heavy atom. The van der Waals surface area contributed by atoms with Gasteiger partial charge in [0.2, 0.25) is 5.91 Å². The monoisotopic (exact) mass is 366 g/mol. The van der Waals surface area contributed by atoms with Gasteiger partial charge in [0.05, 0.1) is 10.3 Å². The maximum absolute atomic E-state index is 12.7. The summed E-state index contributed by atoms with van der Waals surface area (Å²) in [4.78, 5) is 40.0. The molecule has 0 radical (unpaired) electrons. The molecule has 27 heavy (non-hydrogen) atoms. The Hall–Kier alpha value is -3.29. The fraction of sp³-hybridized carbons (Fsp3) is 0.316. The van der Waals surface area contributed by atoms with E-state index in [2.05, 4.69) is 15.6 Å². The smallest absolute Gasteiger partial charge is 0.293 e. The lowest BCUT2D eigenvalue weighted by molar-refractivity contribution is -0.384. The largest absolute Gasteiger partial charge is 0.325 e. The lowest BCUT2D eigenvalue weighted by atomic mass is 9.70. The first-order valence-corrected chi connectivity index (χ1v) is 8.87. The summed E-state index contributed by atoms with van der Waals surface area (Å²) in [5.74, 6) is -0.582. The minimum absolute atomic E-state index is 0.0636. The van der Waals surface area contributed by atoms with Gasteiger partial charge in [0, 0.05) is 29.7 Å². The van der Waals surface area contributed by atoms with Crippen LogP contribution in [0, 0.1) is 10.1 Å². The van der Waals surface area contributed by atoms with Gasteiger partial charge in [-0.1, -0.05) is 19.3 Å². The number of anilines is 2. The molecule has 1 fully saturated rings. The maximum atomic E-state index is 12.7. The Bertz CT molecular complexity index is 936. The Morgan fingerprint density at radius 1 is 1.19 bits per heavy atom. The Kier molecular flexibility index (Phi) is 4.10. The first kappa shape index (κ1) is 17.1. The molecule has 2 amide bonds. The molecule has 8 nitrogen and oxygen atoms in total. The molecule has 0 atom stereocenters. The van der Waals surface area contributed by atoms with Crippen LogP contribution in [0.2, 0.25) is 0 Å². The van der Waals surface area contributed by atoms with E-state index in [0.717, 1.165) is 19.3 Å². The third-order valence-corrected chi connectivity index (χ3v) is 5.43. The second-order valence-electron chi connectivity index (χ2n) is 6.96. The molecule has 2 aliphatic rings. The standard InChI is InChI=1S/C19H18N4O4/c24-17(12-4-8-20-9-5-12)21-15-11-14-13(10-16(15)23(26)27)19(18(25)22-14)6-2-1-3-7-19/h4-5,8-11H,1-3,6-7H2,(H,21,24)(H,22,25). The molecule has 2 aromatic rings. The number of nitrogens with zero attached hydrogens (tertiary/aromatic N) is 2. The SMILES string of the molecule is O=C(Nc1cc2c(cc1[N+](=O)[O-])C1(CCCCC1)C(=O)N2)c1ccncc1. The summed E-state index contributed by atoms with van der Waals surface area (Å²) in [7, 11) is 0. The van der Waals surface area contributed by atoms with Crippen LogP contribution in [-0.2, 0) is 10.2 Å². The Balaban J connectivity index is 1.74. The van der Waals surface area contributed by atoms with E-state index >= 15 is 0 Å². The number of hydrogen-bond donors (Lipinski definition) is 2. The molecule has 1 spiro atoms. The lowest BCUT2D eigenvalue weighted by Crippen LogP contribution is -2.36. The number of amides is 2. The van der Waals surface area contributed by atoms with Crippen LogP contribution in [-0.4, -0.2) is 21.7 Å². The zero-order valence-corrected chi connectivity index (χ0v) is 14.5. The van der Waals surface area contributed by atoms with Crippen molar-refractivity contribution in [3.8, 4) is 0 Å². The van der Waals surface area contributed by atoms with Crippen molar-refractivity contribution < 1.29 is 14.5 Å². The summed E-state index contributed by atoms with van der Waals surface area (Å²) >= 11 is 0. The molecule has 4 rings (SSSR count).